The molecule has 158 valence electrons. The lowest BCUT2D eigenvalue weighted by Crippen LogP contribution is -2.37. The average Bonchev–Trinajstić information content (AvgIpc) is 3.47. The maximum atomic E-state index is 12.7. The van der Waals surface area contributed by atoms with Gasteiger partial charge in [-0.05, 0) is 30.2 Å². The molecule has 0 radical (unpaired) electrons. The summed E-state index contributed by atoms with van der Waals surface area (Å²) in [6.45, 7) is 8.07. The zero-order chi connectivity index (χ0) is 20.2. The quantitative estimate of drug-likeness (QED) is 0.763. The van der Waals surface area contributed by atoms with E-state index < -0.39 is 0 Å². The van der Waals surface area contributed by atoms with Gasteiger partial charge in [0.1, 0.15) is 0 Å². The number of carbonyl (C=O) groups excluding carboxylic acids is 2. The number of rotatable bonds is 7. The van der Waals surface area contributed by atoms with E-state index in [4.69, 9.17) is 4.74 Å². The molecule has 29 heavy (non-hydrogen) atoms. The van der Waals surface area contributed by atoms with Gasteiger partial charge in [0.05, 0.1) is 18.6 Å². The smallest absolute Gasteiger partial charge is 0.226 e. The summed E-state index contributed by atoms with van der Waals surface area (Å²) in [7, 11) is 0. The Kier molecular flexibility index (Phi) is 6.50. The summed E-state index contributed by atoms with van der Waals surface area (Å²) in [4.78, 5) is 29.2. The summed E-state index contributed by atoms with van der Waals surface area (Å²) in [5, 5.41) is 3.28. The molecule has 3 aliphatic heterocycles. The molecule has 3 unspecified atom stereocenters. The number of carbonyl (C=O) groups is 2. The number of ether oxygens (including phenoxy) is 1. The van der Waals surface area contributed by atoms with E-state index in [0.29, 0.717) is 31.5 Å². The van der Waals surface area contributed by atoms with Gasteiger partial charge in [0.25, 0.3) is 0 Å². The van der Waals surface area contributed by atoms with Gasteiger partial charge in [0.2, 0.25) is 11.8 Å². The van der Waals surface area contributed by atoms with Gasteiger partial charge in [-0.25, -0.2) is 0 Å². The van der Waals surface area contributed by atoms with Crippen molar-refractivity contribution in [1.82, 2.24) is 15.1 Å². The molecular weight excluding hydrogens is 366 g/mol. The number of nitrogens with one attached hydrogen (secondary N) is 1. The van der Waals surface area contributed by atoms with E-state index >= 15 is 0 Å². The molecule has 3 aliphatic rings. The Hall–Kier alpha value is -1.92. The molecule has 4 rings (SSSR count). The number of likely N-dealkylation sites (tertiary alicyclic amines) is 2. The lowest BCUT2D eigenvalue weighted by Gasteiger charge is -2.25. The largest absolute Gasteiger partial charge is 0.381 e. The minimum atomic E-state index is -0.0190. The molecule has 2 amide bonds. The normalized spacial score (nSPS) is 27.8. The second kappa shape index (κ2) is 9.26. The zero-order valence-corrected chi connectivity index (χ0v) is 17.4. The number of amides is 2. The summed E-state index contributed by atoms with van der Waals surface area (Å²) >= 11 is 0. The molecule has 3 heterocycles. The zero-order valence-electron chi connectivity index (χ0n) is 17.4. The molecule has 0 spiro atoms. The first-order valence-electron chi connectivity index (χ1n) is 11.1. The summed E-state index contributed by atoms with van der Waals surface area (Å²) in [5.41, 5.74) is 1.17. The fourth-order valence-electron chi connectivity index (χ4n) is 5.05. The van der Waals surface area contributed by atoms with Gasteiger partial charge in [-0.3, -0.25) is 9.59 Å². The molecule has 1 aromatic rings. The van der Waals surface area contributed by atoms with E-state index in [1.54, 1.807) is 0 Å². The van der Waals surface area contributed by atoms with Gasteiger partial charge in [0, 0.05) is 45.8 Å². The Balaban J connectivity index is 1.32. The van der Waals surface area contributed by atoms with Crippen LogP contribution in [0.1, 0.15) is 37.8 Å². The number of benzene rings is 1. The van der Waals surface area contributed by atoms with Crippen LogP contribution >= 0.6 is 0 Å². The maximum absolute atomic E-state index is 12.7. The minimum Gasteiger partial charge on any atom is -0.381 e. The predicted molar refractivity (Wildman–Crippen MR) is 111 cm³/mol. The molecule has 3 fully saturated rings. The van der Waals surface area contributed by atoms with Crippen LogP contribution in [0.3, 0.4) is 0 Å². The van der Waals surface area contributed by atoms with Crippen LogP contribution in [0.5, 0.6) is 0 Å². The van der Waals surface area contributed by atoms with Crippen molar-refractivity contribution < 1.29 is 14.3 Å². The third kappa shape index (κ3) is 4.81. The Labute approximate surface area is 173 Å². The Morgan fingerprint density at radius 3 is 2.48 bits per heavy atom. The van der Waals surface area contributed by atoms with E-state index in [1.807, 2.05) is 30.0 Å². The monoisotopic (exact) mass is 399 g/mol. The molecule has 6 nitrogen and oxygen atoms in total. The molecule has 1 N–H and O–H groups in total. The molecular formula is C23H33N3O3. The van der Waals surface area contributed by atoms with Crippen LogP contribution < -0.4 is 5.32 Å². The molecule has 0 aromatic heterocycles. The van der Waals surface area contributed by atoms with Crippen molar-refractivity contribution in [2.24, 2.45) is 17.8 Å². The highest BCUT2D eigenvalue weighted by Crippen LogP contribution is 2.32. The van der Waals surface area contributed by atoms with Crippen molar-refractivity contribution in [2.75, 3.05) is 45.9 Å². The van der Waals surface area contributed by atoms with Crippen molar-refractivity contribution in [1.29, 1.82) is 0 Å². The molecule has 0 saturated carbocycles. The van der Waals surface area contributed by atoms with Crippen molar-refractivity contribution >= 4 is 11.8 Å². The highest BCUT2D eigenvalue weighted by atomic mass is 16.5. The fraction of sp³-hybridized carbons (Fsp3) is 0.652. The number of fused-ring (bicyclic) bond motifs is 1. The van der Waals surface area contributed by atoms with Crippen molar-refractivity contribution in [3.63, 3.8) is 0 Å². The second-order valence-electron chi connectivity index (χ2n) is 8.75. The molecule has 0 aliphatic carbocycles. The molecule has 6 heteroatoms. The SMILES string of the molecule is CCC(=O)N1CC2CN(CCC(NC(=O)C3CCOC3)c3ccccc3)C[C@H]2C1. The van der Waals surface area contributed by atoms with Crippen LogP contribution in [0.25, 0.3) is 0 Å². The Morgan fingerprint density at radius 1 is 1.14 bits per heavy atom. The molecule has 3 saturated heterocycles. The van der Waals surface area contributed by atoms with Crippen LogP contribution in [-0.4, -0.2) is 67.6 Å². The number of nitrogens with zero attached hydrogens (tertiary/aromatic N) is 2. The first-order chi connectivity index (χ1) is 14.1. The standard InChI is InChI=1S/C23H33N3O3/c1-2-22(27)26-14-19-12-25(13-20(19)15-26)10-8-21(17-6-4-3-5-7-17)24-23(28)18-9-11-29-16-18/h3-7,18-21H,2,8-16H2,1H3,(H,24,28)/t18?,19-,20?,21?/m0/s1. The first-order valence-corrected chi connectivity index (χ1v) is 11.1. The van der Waals surface area contributed by atoms with Crippen molar-refractivity contribution in [3.8, 4) is 0 Å². The molecule has 0 bridgehead atoms. The molecule has 1 aromatic carbocycles. The summed E-state index contributed by atoms with van der Waals surface area (Å²) in [6, 6.07) is 10.3. The lowest BCUT2D eigenvalue weighted by atomic mass is 10.0. The van der Waals surface area contributed by atoms with Crippen LogP contribution in [-0.2, 0) is 14.3 Å². The van der Waals surface area contributed by atoms with Crippen LogP contribution in [0.4, 0.5) is 0 Å². The van der Waals surface area contributed by atoms with Gasteiger partial charge >= 0.3 is 0 Å². The summed E-state index contributed by atoms with van der Waals surface area (Å²) < 4.78 is 5.39. The van der Waals surface area contributed by atoms with Gasteiger partial charge < -0.3 is 19.9 Å². The van der Waals surface area contributed by atoms with Gasteiger partial charge in [-0.1, -0.05) is 37.3 Å². The van der Waals surface area contributed by atoms with Crippen molar-refractivity contribution in [2.45, 2.75) is 32.2 Å². The van der Waals surface area contributed by atoms with E-state index in [-0.39, 0.29) is 23.8 Å². The Morgan fingerprint density at radius 2 is 1.86 bits per heavy atom. The first kappa shape index (κ1) is 20.4. The minimum absolute atomic E-state index is 0.0190. The maximum Gasteiger partial charge on any atom is 0.226 e. The number of hydrogen-bond donors (Lipinski definition) is 1. The van der Waals surface area contributed by atoms with E-state index in [2.05, 4.69) is 22.3 Å². The van der Waals surface area contributed by atoms with Gasteiger partial charge in [-0.15, -0.1) is 0 Å². The number of hydrogen-bond acceptors (Lipinski definition) is 4. The average molecular weight is 400 g/mol. The topological polar surface area (TPSA) is 61.9 Å². The van der Waals surface area contributed by atoms with Crippen LogP contribution in [0.15, 0.2) is 30.3 Å². The third-order valence-corrected chi connectivity index (χ3v) is 6.77. The highest BCUT2D eigenvalue weighted by molar-refractivity contribution is 5.79. The van der Waals surface area contributed by atoms with Crippen LogP contribution in [0, 0.1) is 17.8 Å². The Bertz CT molecular complexity index is 691. The second-order valence-corrected chi connectivity index (χ2v) is 8.75. The molecule has 4 atom stereocenters. The summed E-state index contributed by atoms with van der Waals surface area (Å²) in [5.74, 6) is 1.59. The fourth-order valence-corrected chi connectivity index (χ4v) is 5.05. The third-order valence-electron chi connectivity index (χ3n) is 6.77. The van der Waals surface area contributed by atoms with Gasteiger partial charge in [-0.2, -0.15) is 0 Å². The van der Waals surface area contributed by atoms with Crippen molar-refractivity contribution in [3.05, 3.63) is 35.9 Å². The van der Waals surface area contributed by atoms with Gasteiger partial charge in [0.15, 0.2) is 0 Å². The van der Waals surface area contributed by atoms with E-state index in [1.165, 1.54) is 5.56 Å². The lowest BCUT2D eigenvalue weighted by molar-refractivity contribution is -0.130. The van der Waals surface area contributed by atoms with E-state index in [0.717, 1.165) is 45.6 Å². The predicted octanol–water partition coefficient (Wildman–Crippen LogP) is 2.07. The summed E-state index contributed by atoms with van der Waals surface area (Å²) in [6.07, 6.45) is 2.32. The highest BCUT2D eigenvalue weighted by Gasteiger charge is 2.41. The van der Waals surface area contributed by atoms with E-state index in [9.17, 15) is 9.59 Å². The van der Waals surface area contributed by atoms with Crippen LogP contribution in [0.2, 0.25) is 0 Å².